The van der Waals surface area contributed by atoms with Crippen LogP contribution in [0.2, 0.25) is 0 Å². The number of hydrogen-bond acceptors (Lipinski definition) is 6. The van der Waals surface area contributed by atoms with Crippen LogP contribution < -0.4 is 11.0 Å². The normalized spacial score (nSPS) is 16.1. The van der Waals surface area contributed by atoms with Crippen LogP contribution >= 0.6 is 0 Å². The van der Waals surface area contributed by atoms with E-state index in [4.69, 9.17) is 14.5 Å². The number of nitrogens with zero attached hydrogens (tertiary/aromatic N) is 4. The molecule has 5 rings (SSSR count). The van der Waals surface area contributed by atoms with Gasteiger partial charge >= 0.3 is 5.97 Å². The molecule has 3 aromatic heterocycles. The van der Waals surface area contributed by atoms with Crippen molar-refractivity contribution in [3.63, 3.8) is 0 Å². The van der Waals surface area contributed by atoms with Crippen molar-refractivity contribution in [2.45, 2.75) is 39.3 Å². The lowest BCUT2D eigenvalue weighted by Gasteiger charge is -2.18. The average molecular weight is 487 g/mol. The molecule has 1 fully saturated rings. The molecular weight excluding hydrogens is 460 g/mol. The third-order valence-electron chi connectivity index (χ3n) is 6.24. The number of pyridine rings is 2. The van der Waals surface area contributed by atoms with Gasteiger partial charge in [-0.25, -0.2) is 9.78 Å². The van der Waals surface area contributed by atoms with E-state index in [0.717, 1.165) is 18.4 Å². The number of hydrogen-bond donors (Lipinski definition) is 0. The number of aromatic nitrogens is 3. The van der Waals surface area contributed by atoms with Gasteiger partial charge in [0.25, 0.3) is 11.5 Å². The van der Waals surface area contributed by atoms with Crippen LogP contribution in [-0.4, -0.2) is 45.1 Å². The van der Waals surface area contributed by atoms with Crippen molar-refractivity contribution in [1.29, 1.82) is 0 Å². The number of carbonyl (C=O) groups is 2. The third kappa shape index (κ3) is 4.33. The van der Waals surface area contributed by atoms with E-state index in [9.17, 15) is 14.4 Å². The monoisotopic (exact) mass is 486 g/mol. The van der Waals surface area contributed by atoms with E-state index in [0.29, 0.717) is 23.5 Å². The highest BCUT2D eigenvalue weighted by atomic mass is 16.5. The van der Waals surface area contributed by atoms with Crippen molar-refractivity contribution in [3.8, 4) is 0 Å². The molecule has 1 saturated heterocycles. The number of ether oxygens (including phenoxy) is 2. The van der Waals surface area contributed by atoms with Gasteiger partial charge in [-0.3, -0.25) is 14.0 Å². The summed E-state index contributed by atoms with van der Waals surface area (Å²) < 4.78 is 14.3. The van der Waals surface area contributed by atoms with Crippen LogP contribution in [0.5, 0.6) is 0 Å². The molecule has 0 saturated carbocycles. The van der Waals surface area contributed by atoms with Crippen molar-refractivity contribution < 1.29 is 19.1 Å². The molecule has 1 aliphatic rings. The smallest absolute Gasteiger partial charge is 0.341 e. The Morgan fingerprint density at radius 3 is 2.69 bits per heavy atom. The molecule has 0 unspecified atom stereocenters. The molecular formula is C27H26N4O5. The third-order valence-corrected chi connectivity index (χ3v) is 6.24. The van der Waals surface area contributed by atoms with Crippen molar-refractivity contribution >= 4 is 28.6 Å². The van der Waals surface area contributed by atoms with E-state index in [-0.39, 0.29) is 41.3 Å². The van der Waals surface area contributed by atoms with Crippen LogP contribution in [0.15, 0.2) is 64.5 Å². The first-order chi connectivity index (χ1) is 17.5. The van der Waals surface area contributed by atoms with Crippen molar-refractivity contribution in [2.75, 3.05) is 13.2 Å². The number of rotatable bonds is 5. The Morgan fingerprint density at radius 2 is 1.97 bits per heavy atom. The van der Waals surface area contributed by atoms with Gasteiger partial charge in [-0.1, -0.05) is 24.3 Å². The Bertz CT molecular complexity index is 1600. The van der Waals surface area contributed by atoms with Crippen LogP contribution in [0, 0.1) is 6.92 Å². The van der Waals surface area contributed by atoms with Gasteiger partial charge in [0.2, 0.25) is 0 Å². The summed E-state index contributed by atoms with van der Waals surface area (Å²) >= 11 is 0. The van der Waals surface area contributed by atoms with E-state index in [1.807, 2.05) is 13.0 Å². The lowest BCUT2D eigenvalue weighted by atomic mass is 10.1. The summed E-state index contributed by atoms with van der Waals surface area (Å²) in [5.74, 6) is -1.19. The van der Waals surface area contributed by atoms with Gasteiger partial charge in [0, 0.05) is 18.4 Å². The number of esters is 1. The Balaban J connectivity index is 1.89. The highest BCUT2D eigenvalue weighted by Gasteiger charge is 2.24. The van der Waals surface area contributed by atoms with Crippen LogP contribution in [0.4, 0.5) is 0 Å². The standard InChI is InChI=1S/C27H26N4O5/c1-3-35-27(34)21-15-20-23(28-22-17(2)9-7-13-30(22)26(20)33)31(16-19-12-8-14-36-19)24(21)29-25(32)18-10-5-4-6-11-18/h4-7,9-11,13,15,19H,3,8,12,14,16H2,1-2H3/t19-/m1/s1. The second-order valence-corrected chi connectivity index (χ2v) is 8.67. The molecule has 1 aromatic carbocycles. The number of aryl methyl sites for hydroxylation is 1. The Morgan fingerprint density at radius 1 is 1.17 bits per heavy atom. The maximum absolute atomic E-state index is 13.5. The predicted molar refractivity (Wildman–Crippen MR) is 133 cm³/mol. The molecule has 9 nitrogen and oxygen atoms in total. The maximum Gasteiger partial charge on any atom is 0.341 e. The van der Waals surface area contributed by atoms with Gasteiger partial charge in [0.05, 0.1) is 24.6 Å². The fourth-order valence-electron chi connectivity index (χ4n) is 4.47. The van der Waals surface area contributed by atoms with Crippen molar-refractivity contribution in [3.05, 3.63) is 87.3 Å². The van der Waals surface area contributed by atoms with Crippen molar-refractivity contribution in [2.24, 2.45) is 4.99 Å². The summed E-state index contributed by atoms with van der Waals surface area (Å²) in [6.45, 7) is 4.59. The second kappa shape index (κ2) is 9.87. The average Bonchev–Trinajstić information content (AvgIpc) is 3.40. The highest BCUT2D eigenvalue weighted by Crippen LogP contribution is 2.18. The Labute approximate surface area is 206 Å². The zero-order valence-electron chi connectivity index (χ0n) is 20.1. The Kier molecular flexibility index (Phi) is 6.47. The first kappa shape index (κ1) is 23.6. The van der Waals surface area contributed by atoms with E-state index < -0.39 is 11.9 Å². The topological polar surface area (TPSA) is 104 Å². The van der Waals surface area contributed by atoms with Crippen LogP contribution in [0.25, 0.3) is 16.7 Å². The molecule has 184 valence electrons. The molecule has 1 atom stereocenters. The van der Waals surface area contributed by atoms with E-state index in [2.05, 4.69) is 4.99 Å². The molecule has 36 heavy (non-hydrogen) atoms. The summed E-state index contributed by atoms with van der Waals surface area (Å²) in [7, 11) is 0. The van der Waals surface area contributed by atoms with Crippen LogP contribution in [0.3, 0.4) is 0 Å². The molecule has 0 aliphatic carbocycles. The minimum atomic E-state index is -0.672. The summed E-state index contributed by atoms with van der Waals surface area (Å²) in [6, 6.07) is 13.7. The predicted octanol–water partition coefficient (Wildman–Crippen LogP) is 3.05. The van der Waals surface area contributed by atoms with Crippen LogP contribution in [-0.2, 0) is 16.0 Å². The second-order valence-electron chi connectivity index (χ2n) is 8.67. The minimum absolute atomic E-state index is 0.0260. The summed E-state index contributed by atoms with van der Waals surface area (Å²) in [6.07, 6.45) is 3.17. The van der Waals surface area contributed by atoms with Gasteiger partial charge in [-0.05, 0) is 56.5 Å². The van der Waals surface area contributed by atoms with E-state index in [1.54, 1.807) is 54.1 Å². The van der Waals surface area contributed by atoms with Crippen molar-refractivity contribution in [1.82, 2.24) is 14.0 Å². The molecule has 0 N–H and O–H groups in total. The van der Waals surface area contributed by atoms with Crippen LogP contribution in [0.1, 0.15) is 46.0 Å². The molecule has 0 radical (unpaired) electrons. The summed E-state index contributed by atoms with van der Waals surface area (Å²) in [5, 5.41) is 0.227. The zero-order chi connectivity index (χ0) is 25.2. The van der Waals surface area contributed by atoms with Gasteiger partial charge in [0.15, 0.2) is 5.49 Å². The molecule has 9 heteroatoms. The number of benzene rings is 1. The molecule has 1 aliphatic heterocycles. The lowest BCUT2D eigenvalue weighted by Crippen LogP contribution is -2.35. The fourth-order valence-corrected chi connectivity index (χ4v) is 4.47. The molecule has 4 aromatic rings. The largest absolute Gasteiger partial charge is 0.462 e. The fraction of sp³-hybridized carbons (Fsp3) is 0.296. The molecule has 4 heterocycles. The number of fused-ring (bicyclic) bond motifs is 2. The van der Waals surface area contributed by atoms with E-state index >= 15 is 0 Å². The maximum atomic E-state index is 13.5. The Hall–Kier alpha value is -4.11. The minimum Gasteiger partial charge on any atom is -0.462 e. The molecule has 0 bridgehead atoms. The number of carbonyl (C=O) groups excluding carboxylic acids is 2. The SMILES string of the molecule is CCOC(=O)c1cc2c(=O)n3cccc(C)c3nc2n(C[C@H]2CCCO2)c1=NC(=O)c1ccccc1. The van der Waals surface area contributed by atoms with Gasteiger partial charge < -0.3 is 14.0 Å². The summed E-state index contributed by atoms with van der Waals surface area (Å²) in [4.78, 5) is 49.0. The first-order valence-corrected chi connectivity index (χ1v) is 12.0. The zero-order valence-corrected chi connectivity index (χ0v) is 20.1. The number of amides is 1. The van der Waals surface area contributed by atoms with Gasteiger partial charge in [-0.2, -0.15) is 4.99 Å². The van der Waals surface area contributed by atoms with Gasteiger partial charge in [-0.15, -0.1) is 0 Å². The molecule has 1 amide bonds. The lowest BCUT2D eigenvalue weighted by molar-refractivity contribution is 0.0521. The molecule has 0 spiro atoms. The van der Waals surface area contributed by atoms with E-state index in [1.165, 1.54) is 10.5 Å². The first-order valence-electron chi connectivity index (χ1n) is 12.0. The summed E-state index contributed by atoms with van der Waals surface area (Å²) in [5.41, 5.74) is 1.80. The highest BCUT2D eigenvalue weighted by molar-refractivity contribution is 5.97. The quantitative estimate of drug-likeness (QED) is 0.317. The van der Waals surface area contributed by atoms with Gasteiger partial charge in [0.1, 0.15) is 16.9 Å².